The van der Waals surface area contributed by atoms with Crippen molar-refractivity contribution in [3.8, 4) is 5.75 Å². The van der Waals surface area contributed by atoms with Crippen LogP contribution in [0.4, 0.5) is 13.9 Å². The van der Waals surface area contributed by atoms with Gasteiger partial charge in [0.2, 0.25) is 5.13 Å². The van der Waals surface area contributed by atoms with Crippen molar-refractivity contribution in [1.82, 2.24) is 10.2 Å². The summed E-state index contributed by atoms with van der Waals surface area (Å²) < 4.78 is 29.5. The third-order valence-corrected chi connectivity index (χ3v) is 3.90. The van der Waals surface area contributed by atoms with Gasteiger partial charge in [-0.25, -0.2) is 0 Å². The van der Waals surface area contributed by atoms with Crippen LogP contribution in [-0.4, -0.2) is 16.8 Å². The molecule has 1 heterocycles. The number of nitrogen functional groups attached to an aromatic ring is 1. The van der Waals surface area contributed by atoms with Crippen molar-refractivity contribution in [2.45, 2.75) is 16.7 Å². The standard InChI is InChI=1S/C10H9F2N3OS2/c11-8(12)16-7-4-2-1-3-6(7)5-17-10-15-14-9(13)18-10/h1-4,8H,5H2,(H2,13,14). The van der Waals surface area contributed by atoms with Gasteiger partial charge in [-0.1, -0.05) is 41.3 Å². The molecular formula is C10H9F2N3OS2. The van der Waals surface area contributed by atoms with Gasteiger partial charge in [0, 0.05) is 11.3 Å². The van der Waals surface area contributed by atoms with E-state index in [1.165, 1.54) is 29.2 Å². The van der Waals surface area contributed by atoms with Crippen LogP contribution >= 0.6 is 23.1 Å². The number of hydrogen-bond donors (Lipinski definition) is 1. The van der Waals surface area contributed by atoms with Crippen molar-refractivity contribution in [3.05, 3.63) is 29.8 Å². The molecule has 0 aliphatic carbocycles. The van der Waals surface area contributed by atoms with E-state index in [-0.39, 0.29) is 5.75 Å². The molecule has 8 heteroatoms. The Hall–Kier alpha value is -1.41. The normalized spacial score (nSPS) is 10.8. The van der Waals surface area contributed by atoms with E-state index in [0.29, 0.717) is 20.8 Å². The number of para-hydroxylation sites is 1. The molecule has 0 bridgehead atoms. The highest BCUT2D eigenvalue weighted by Gasteiger charge is 2.10. The smallest absolute Gasteiger partial charge is 0.387 e. The van der Waals surface area contributed by atoms with E-state index in [1.807, 2.05) is 0 Å². The molecular weight excluding hydrogens is 280 g/mol. The molecule has 0 fully saturated rings. The summed E-state index contributed by atoms with van der Waals surface area (Å²) in [5, 5.41) is 7.90. The second kappa shape index (κ2) is 5.96. The molecule has 1 aromatic heterocycles. The van der Waals surface area contributed by atoms with Gasteiger partial charge in [0.25, 0.3) is 0 Å². The maximum Gasteiger partial charge on any atom is 0.387 e. The van der Waals surface area contributed by atoms with Gasteiger partial charge >= 0.3 is 6.61 Å². The number of nitrogens with two attached hydrogens (primary N) is 1. The molecule has 0 unspecified atom stereocenters. The van der Waals surface area contributed by atoms with Gasteiger partial charge in [0.1, 0.15) is 5.75 Å². The monoisotopic (exact) mass is 289 g/mol. The predicted octanol–water partition coefficient (Wildman–Crippen LogP) is 3.01. The molecule has 0 atom stereocenters. The zero-order valence-electron chi connectivity index (χ0n) is 9.05. The second-order valence-corrected chi connectivity index (χ2v) is 5.41. The molecule has 1 aromatic carbocycles. The fourth-order valence-electron chi connectivity index (χ4n) is 1.25. The van der Waals surface area contributed by atoms with Crippen LogP contribution in [0.15, 0.2) is 28.6 Å². The lowest BCUT2D eigenvalue weighted by Crippen LogP contribution is -2.03. The molecule has 0 saturated carbocycles. The molecule has 4 nitrogen and oxygen atoms in total. The van der Waals surface area contributed by atoms with Crippen LogP contribution in [0, 0.1) is 0 Å². The molecule has 96 valence electrons. The number of hydrogen-bond acceptors (Lipinski definition) is 6. The van der Waals surface area contributed by atoms with Gasteiger partial charge in [-0.15, -0.1) is 10.2 Å². The summed E-state index contributed by atoms with van der Waals surface area (Å²) in [6.45, 7) is -2.83. The Bertz CT molecular complexity index is 521. The molecule has 0 aliphatic heterocycles. The van der Waals surface area contributed by atoms with E-state index >= 15 is 0 Å². The topological polar surface area (TPSA) is 61.0 Å². The van der Waals surface area contributed by atoms with Gasteiger partial charge in [0.05, 0.1) is 0 Å². The lowest BCUT2D eigenvalue weighted by atomic mass is 10.2. The third-order valence-electron chi connectivity index (χ3n) is 1.96. The van der Waals surface area contributed by atoms with Crippen LogP contribution in [0.1, 0.15) is 5.56 Å². The summed E-state index contributed by atoms with van der Waals surface area (Å²) in [6.07, 6.45) is 0. The highest BCUT2D eigenvalue weighted by Crippen LogP contribution is 2.30. The summed E-state index contributed by atoms with van der Waals surface area (Å²) in [5.74, 6) is 0.648. The maximum absolute atomic E-state index is 12.2. The van der Waals surface area contributed by atoms with Crippen molar-refractivity contribution in [3.63, 3.8) is 0 Å². The number of aromatic nitrogens is 2. The Morgan fingerprint density at radius 3 is 2.78 bits per heavy atom. The Kier molecular flexibility index (Phi) is 4.32. The molecule has 0 amide bonds. The molecule has 0 saturated heterocycles. The van der Waals surface area contributed by atoms with E-state index in [9.17, 15) is 8.78 Å². The summed E-state index contributed by atoms with van der Waals surface area (Å²) in [6, 6.07) is 6.66. The van der Waals surface area contributed by atoms with Crippen molar-refractivity contribution in [2.24, 2.45) is 0 Å². The molecule has 0 spiro atoms. The Labute approximate surface area is 110 Å². The van der Waals surface area contributed by atoms with E-state index in [1.54, 1.807) is 18.2 Å². The average Bonchev–Trinajstić information content (AvgIpc) is 2.73. The van der Waals surface area contributed by atoms with Crippen molar-refractivity contribution >= 4 is 28.2 Å². The quantitative estimate of drug-likeness (QED) is 0.857. The number of nitrogens with zero attached hydrogens (tertiary/aromatic N) is 2. The number of halogens is 2. The predicted molar refractivity (Wildman–Crippen MR) is 67.0 cm³/mol. The lowest BCUT2D eigenvalue weighted by molar-refractivity contribution is -0.0503. The van der Waals surface area contributed by atoms with Gasteiger partial charge in [-0.2, -0.15) is 8.78 Å². The van der Waals surface area contributed by atoms with Crippen LogP contribution in [-0.2, 0) is 5.75 Å². The van der Waals surface area contributed by atoms with E-state index in [4.69, 9.17) is 5.73 Å². The number of alkyl halides is 2. The van der Waals surface area contributed by atoms with Gasteiger partial charge in [-0.3, -0.25) is 0 Å². The highest BCUT2D eigenvalue weighted by molar-refractivity contribution is 8.00. The largest absolute Gasteiger partial charge is 0.435 e. The Morgan fingerprint density at radius 1 is 1.33 bits per heavy atom. The fourth-order valence-corrected chi connectivity index (χ4v) is 2.88. The SMILES string of the molecule is Nc1nnc(SCc2ccccc2OC(F)F)s1. The summed E-state index contributed by atoms with van der Waals surface area (Å²) in [7, 11) is 0. The average molecular weight is 289 g/mol. The highest BCUT2D eigenvalue weighted by atomic mass is 32.2. The van der Waals surface area contributed by atoms with Crippen LogP contribution in [0.3, 0.4) is 0 Å². The van der Waals surface area contributed by atoms with Gasteiger partial charge in [0.15, 0.2) is 4.34 Å². The van der Waals surface area contributed by atoms with Gasteiger partial charge in [-0.05, 0) is 6.07 Å². The van der Waals surface area contributed by atoms with Crippen molar-refractivity contribution < 1.29 is 13.5 Å². The Balaban J connectivity index is 2.04. The zero-order valence-corrected chi connectivity index (χ0v) is 10.7. The van der Waals surface area contributed by atoms with E-state index in [2.05, 4.69) is 14.9 Å². The zero-order chi connectivity index (χ0) is 13.0. The first-order valence-electron chi connectivity index (χ1n) is 4.89. The molecule has 0 aliphatic rings. The molecule has 2 N–H and O–H groups in total. The first kappa shape index (κ1) is 13.0. The van der Waals surface area contributed by atoms with E-state index in [0.717, 1.165) is 0 Å². The van der Waals surface area contributed by atoms with E-state index < -0.39 is 6.61 Å². The van der Waals surface area contributed by atoms with Crippen molar-refractivity contribution in [1.29, 1.82) is 0 Å². The number of rotatable bonds is 5. The first-order valence-corrected chi connectivity index (χ1v) is 6.70. The van der Waals surface area contributed by atoms with Crippen LogP contribution in [0.25, 0.3) is 0 Å². The Morgan fingerprint density at radius 2 is 2.11 bits per heavy atom. The minimum Gasteiger partial charge on any atom is -0.435 e. The number of benzene rings is 1. The molecule has 2 aromatic rings. The first-order chi connectivity index (χ1) is 8.65. The van der Waals surface area contributed by atoms with Crippen LogP contribution < -0.4 is 10.5 Å². The molecule has 2 rings (SSSR count). The van der Waals surface area contributed by atoms with Crippen molar-refractivity contribution in [2.75, 3.05) is 5.73 Å². The maximum atomic E-state index is 12.2. The summed E-state index contributed by atoms with van der Waals surface area (Å²) in [5.41, 5.74) is 6.13. The number of ether oxygens (including phenoxy) is 1. The fraction of sp³-hybridized carbons (Fsp3) is 0.200. The number of thioether (sulfide) groups is 1. The minimum absolute atomic E-state index is 0.178. The van der Waals surface area contributed by atoms with Gasteiger partial charge < -0.3 is 10.5 Å². The third kappa shape index (κ3) is 3.54. The summed E-state index contributed by atoms with van der Waals surface area (Å²) in [4.78, 5) is 0. The second-order valence-electron chi connectivity index (χ2n) is 3.18. The molecule has 0 radical (unpaired) electrons. The molecule has 18 heavy (non-hydrogen) atoms. The number of anilines is 1. The van der Waals surface area contributed by atoms with Crippen LogP contribution in [0.5, 0.6) is 5.75 Å². The van der Waals surface area contributed by atoms with Crippen LogP contribution in [0.2, 0.25) is 0 Å². The minimum atomic E-state index is -2.83. The summed E-state index contributed by atoms with van der Waals surface area (Å²) >= 11 is 2.63. The lowest BCUT2D eigenvalue weighted by Gasteiger charge is -2.09.